The molecule has 1 N–H and O–H groups in total. The SMILES string of the molecule is CCCCC(CCC)Nc1nc2ccccc2o1. The maximum Gasteiger partial charge on any atom is 0.295 e. The molecule has 0 spiro atoms. The highest BCUT2D eigenvalue weighted by molar-refractivity contribution is 5.74. The first-order chi connectivity index (χ1) is 8.83. The molecule has 1 atom stereocenters. The van der Waals surface area contributed by atoms with Gasteiger partial charge in [0, 0.05) is 6.04 Å². The summed E-state index contributed by atoms with van der Waals surface area (Å²) >= 11 is 0. The smallest absolute Gasteiger partial charge is 0.295 e. The van der Waals surface area contributed by atoms with E-state index < -0.39 is 0 Å². The number of benzene rings is 1. The molecule has 18 heavy (non-hydrogen) atoms. The number of rotatable bonds is 7. The van der Waals surface area contributed by atoms with Gasteiger partial charge in [0.1, 0.15) is 5.52 Å². The summed E-state index contributed by atoms with van der Waals surface area (Å²) in [7, 11) is 0. The van der Waals surface area contributed by atoms with Crippen LogP contribution in [-0.4, -0.2) is 11.0 Å². The molecule has 0 aliphatic heterocycles. The average Bonchev–Trinajstić information content (AvgIpc) is 2.78. The molecular formula is C15H22N2O. The molecular weight excluding hydrogens is 224 g/mol. The van der Waals surface area contributed by atoms with Crippen molar-refractivity contribution in [1.29, 1.82) is 0 Å². The third-order valence-electron chi connectivity index (χ3n) is 3.16. The van der Waals surface area contributed by atoms with Gasteiger partial charge >= 0.3 is 0 Å². The zero-order valence-electron chi connectivity index (χ0n) is 11.3. The molecule has 0 aliphatic rings. The van der Waals surface area contributed by atoms with Crippen molar-refractivity contribution in [1.82, 2.24) is 4.98 Å². The fraction of sp³-hybridized carbons (Fsp3) is 0.533. The number of hydrogen-bond donors (Lipinski definition) is 1. The lowest BCUT2D eigenvalue weighted by Crippen LogP contribution is -2.19. The van der Waals surface area contributed by atoms with Gasteiger partial charge in [0.15, 0.2) is 5.58 Å². The number of hydrogen-bond acceptors (Lipinski definition) is 3. The number of nitrogens with one attached hydrogen (secondary N) is 1. The van der Waals surface area contributed by atoms with Gasteiger partial charge < -0.3 is 9.73 Å². The maximum atomic E-state index is 5.70. The summed E-state index contributed by atoms with van der Waals surface area (Å²) in [5, 5.41) is 3.43. The van der Waals surface area contributed by atoms with E-state index in [-0.39, 0.29) is 0 Å². The second-order valence-electron chi connectivity index (χ2n) is 4.76. The Hall–Kier alpha value is -1.51. The van der Waals surface area contributed by atoms with Crippen LogP contribution >= 0.6 is 0 Å². The second-order valence-corrected chi connectivity index (χ2v) is 4.76. The highest BCUT2D eigenvalue weighted by Crippen LogP contribution is 2.20. The van der Waals surface area contributed by atoms with Crippen molar-refractivity contribution in [3.8, 4) is 0 Å². The number of anilines is 1. The molecule has 0 fully saturated rings. The minimum absolute atomic E-state index is 0.475. The van der Waals surface area contributed by atoms with Crippen LogP contribution in [0.5, 0.6) is 0 Å². The molecule has 0 saturated carbocycles. The lowest BCUT2D eigenvalue weighted by Gasteiger charge is -2.15. The fourth-order valence-electron chi connectivity index (χ4n) is 2.20. The van der Waals surface area contributed by atoms with Crippen molar-refractivity contribution >= 4 is 17.1 Å². The second kappa shape index (κ2) is 6.43. The van der Waals surface area contributed by atoms with Crippen LogP contribution in [0.15, 0.2) is 28.7 Å². The molecule has 1 aromatic carbocycles. The Morgan fingerprint density at radius 1 is 1.17 bits per heavy atom. The van der Waals surface area contributed by atoms with Gasteiger partial charge in [-0.15, -0.1) is 0 Å². The van der Waals surface area contributed by atoms with Gasteiger partial charge in [-0.2, -0.15) is 4.98 Å². The fourth-order valence-corrected chi connectivity index (χ4v) is 2.20. The minimum atomic E-state index is 0.475. The van der Waals surface area contributed by atoms with E-state index in [2.05, 4.69) is 24.1 Å². The lowest BCUT2D eigenvalue weighted by molar-refractivity contribution is 0.532. The molecule has 0 aliphatic carbocycles. The summed E-state index contributed by atoms with van der Waals surface area (Å²) in [5.41, 5.74) is 1.77. The molecule has 98 valence electrons. The van der Waals surface area contributed by atoms with Gasteiger partial charge in [0.05, 0.1) is 0 Å². The van der Waals surface area contributed by atoms with E-state index in [1.54, 1.807) is 0 Å². The molecule has 0 bridgehead atoms. The van der Waals surface area contributed by atoms with Gasteiger partial charge in [-0.05, 0) is 25.0 Å². The van der Waals surface area contributed by atoms with Gasteiger partial charge in [-0.25, -0.2) is 0 Å². The van der Waals surface area contributed by atoms with E-state index >= 15 is 0 Å². The first-order valence-corrected chi connectivity index (χ1v) is 6.95. The van der Waals surface area contributed by atoms with Crippen LogP contribution in [0.25, 0.3) is 11.1 Å². The first kappa shape index (κ1) is 12.9. The Balaban J connectivity index is 2.05. The Kier molecular flexibility index (Phi) is 4.62. The van der Waals surface area contributed by atoms with Crippen molar-refractivity contribution in [3.05, 3.63) is 24.3 Å². The molecule has 3 heteroatoms. The first-order valence-electron chi connectivity index (χ1n) is 6.95. The molecule has 2 rings (SSSR count). The number of para-hydroxylation sites is 2. The molecule has 3 nitrogen and oxygen atoms in total. The van der Waals surface area contributed by atoms with E-state index in [9.17, 15) is 0 Å². The van der Waals surface area contributed by atoms with Crippen molar-refractivity contribution in [2.45, 2.75) is 52.0 Å². The zero-order chi connectivity index (χ0) is 12.8. The number of nitrogens with zero attached hydrogens (tertiary/aromatic N) is 1. The van der Waals surface area contributed by atoms with E-state index in [1.165, 1.54) is 32.1 Å². The maximum absolute atomic E-state index is 5.70. The molecule has 0 radical (unpaired) electrons. The molecule has 2 aromatic rings. The van der Waals surface area contributed by atoms with Crippen LogP contribution in [0.1, 0.15) is 46.0 Å². The Bertz CT molecular complexity index is 445. The van der Waals surface area contributed by atoms with Crippen LogP contribution in [-0.2, 0) is 0 Å². The Morgan fingerprint density at radius 2 is 2.00 bits per heavy atom. The highest BCUT2D eigenvalue weighted by atomic mass is 16.4. The van der Waals surface area contributed by atoms with Crippen molar-refractivity contribution in [2.75, 3.05) is 5.32 Å². The van der Waals surface area contributed by atoms with Crippen molar-refractivity contribution in [2.24, 2.45) is 0 Å². The van der Waals surface area contributed by atoms with E-state index in [0.29, 0.717) is 12.1 Å². The number of unbranched alkanes of at least 4 members (excludes halogenated alkanes) is 1. The molecule has 0 saturated heterocycles. The van der Waals surface area contributed by atoms with Crippen LogP contribution in [0, 0.1) is 0 Å². The summed E-state index contributed by atoms with van der Waals surface area (Å²) in [4.78, 5) is 4.47. The van der Waals surface area contributed by atoms with Crippen LogP contribution in [0.4, 0.5) is 6.01 Å². The molecule has 1 unspecified atom stereocenters. The summed E-state index contributed by atoms with van der Waals surface area (Å²) in [5.74, 6) is 0. The van der Waals surface area contributed by atoms with E-state index in [1.807, 2.05) is 24.3 Å². The van der Waals surface area contributed by atoms with Crippen molar-refractivity contribution < 1.29 is 4.42 Å². The van der Waals surface area contributed by atoms with Crippen LogP contribution in [0.3, 0.4) is 0 Å². The number of oxazole rings is 1. The Morgan fingerprint density at radius 3 is 2.72 bits per heavy atom. The van der Waals surface area contributed by atoms with Gasteiger partial charge in [-0.3, -0.25) is 0 Å². The van der Waals surface area contributed by atoms with Crippen LogP contribution in [0.2, 0.25) is 0 Å². The van der Waals surface area contributed by atoms with Crippen LogP contribution < -0.4 is 5.32 Å². The summed E-state index contributed by atoms with van der Waals surface area (Å²) < 4.78 is 5.70. The lowest BCUT2D eigenvalue weighted by atomic mass is 10.1. The number of fused-ring (bicyclic) bond motifs is 1. The number of aromatic nitrogens is 1. The largest absolute Gasteiger partial charge is 0.424 e. The Labute approximate surface area is 109 Å². The zero-order valence-corrected chi connectivity index (χ0v) is 11.3. The quantitative estimate of drug-likeness (QED) is 0.776. The molecule has 0 amide bonds. The summed E-state index contributed by atoms with van der Waals surface area (Å²) in [6.45, 7) is 4.44. The van der Waals surface area contributed by atoms with Crippen molar-refractivity contribution in [3.63, 3.8) is 0 Å². The predicted molar refractivity (Wildman–Crippen MR) is 75.9 cm³/mol. The van der Waals surface area contributed by atoms with Gasteiger partial charge in [0.25, 0.3) is 6.01 Å². The molecule has 1 aromatic heterocycles. The standard InChI is InChI=1S/C15H22N2O/c1-3-5-9-12(8-4-2)16-15-17-13-10-6-7-11-14(13)18-15/h6-7,10-12H,3-5,8-9H2,1-2H3,(H,16,17). The van der Waals surface area contributed by atoms with Gasteiger partial charge in [-0.1, -0.05) is 45.2 Å². The van der Waals surface area contributed by atoms with E-state index in [0.717, 1.165) is 11.1 Å². The monoisotopic (exact) mass is 246 g/mol. The summed E-state index contributed by atoms with van der Waals surface area (Å²) in [6.07, 6.45) is 6.01. The third-order valence-corrected chi connectivity index (χ3v) is 3.16. The van der Waals surface area contributed by atoms with E-state index in [4.69, 9.17) is 4.42 Å². The third kappa shape index (κ3) is 3.25. The predicted octanol–water partition coefficient (Wildman–Crippen LogP) is 4.60. The average molecular weight is 246 g/mol. The highest BCUT2D eigenvalue weighted by Gasteiger charge is 2.11. The topological polar surface area (TPSA) is 38.1 Å². The molecule has 1 heterocycles. The normalized spacial score (nSPS) is 12.8. The summed E-state index contributed by atoms with van der Waals surface area (Å²) in [6, 6.07) is 9.01. The van der Waals surface area contributed by atoms with Gasteiger partial charge in [0.2, 0.25) is 0 Å². The minimum Gasteiger partial charge on any atom is -0.424 e.